The summed E-state index contributed by atoms with van der Waals surface area (Å²) in [6.07, 6.45) is 0.580. The number of carbonyl (C=O) groups excluding carboxylic acids is 1. The number of carbonyl (C=O) groups is 1. The molecule has 4 nitrogen and oxygen atoms in total. The van der Waals surface area contributed by atoms with Gasteiger partial charge in [0, 0.05) is 5.92 Å². The summed E-state index contributed by atoms with van der Waals surface area (Å²) in [6, 6.07) is 0. The largest absolute Gasteiger partial charge is 0.372 e. The number of rotatable bonds is 4. The first-order valence-corrected chi connectivity index (χ1v) is 9.65. The van der Waals surface area contributed by atoms with E-state index in [-0.39, 0.29) is 48.3 Å². The number of hydrogen-bond donors (Lipinski definition) is 0. The van der Waals surface area contributed by atoms with Crippen LogP contribution in [0, 0.1) is 29.6 Å². The highest BCUT2D eigenvalue weighted by atomic mass is 16.7. The molecule has 0 amide bonds. The van der Waals surface area contributed by atoms with Gasteiger partial charge in [-0.3, -0.25) is 4.79 Å². The summed E-state index contributed by atoms with van der Waals surface area (Å²) in [5.41, 5.74) is 0. The number of Topliss-reactive ketones (excluding diaryl/α,β-unsaturated/α-hetero) is 1. The second-order valence-electron chi connectivity index (χ2n) is 8.22. The standard InChI is InChI=1S/C20H36O4/c1-9-17-19(13(5)11(3)16(8)22-17)24-20-14(6)10(2)12(4)18(23-20)15(7)21/h10-14,16-20H,9H2,1-8H3/t10?,11?,12-,13-,14+,16?,17?,18?,19-,20+/m1/s1. The Hall–Kier alpha value is -0.450. The summed E-state index contributed by atoms with van der Waals surface area (Å²) >= 11 is 0. The van der Waals surface area contributed by atoms with Gasteiger partial charge in [0.1, 0.15) is 6.10 Å². The van der Waals surface area contributed by atoms with E-state index >= 15 is 0 Å². The smallest absolute Gasteiger partial charge is 0.161 e. The lowest BCUT2D eigenvalue weighted by molar-refractivity contribution is -0.294. The first-order chi connectivity index (χ1) is 11.2. The van der Waals surface area contributed by atoms with E-state index in [9.17, 15) is 4.79 Å². The van der Waals surface area contributed by atoms with Crippen molar-refractivity contribution in [1.82, 2.24) is 0 Å². The van der Waals surface area contributed by atoms with Crippen molar-refractivity contribution in [2.45, 2.75) is 92.5 Å². The molecule has 0 aromatic carbocycles. The molecule has 0 N–H and O–H groups in total. The molecular weight excluding hydrogens is 304 g/mol. The van der Waals surface area contributed by atoms with Crippen LogP contribution in [0.4, 0.5) is 0 Å². The molecule has 0 aromatic heterocycles. The van der Waals surface area contributed by atoms with Crippen molar-refractivity contribution in [3.8, 4) is 0 Å². The van der Waals surface area contributed by atoms with Crippen molar-refractivity contribution in [2.75, 3.05) is 0 Å². The van der Waals surface area contributed by atoms with Crippen molar-refractivity contribution in [3.63, 3.8) is 0 Å². The number of ketones is 1. The number of ether oxygens (including phenoxy) is 3. The summed E-state index contributed by atoms with van der Waals surface area (Å²) in [5.74, 6) is 1.80. The SMILES string of the molecule is CCC1OC(C)C(C)[C@@H](C)[C@H]1O[C@@H]1OC(C(C)=O)[C@H](C)C(C)[C@@H]1C. The normalized spacial score (nSPS) is 49.8. The second kappa shape index (κ2) is 7.84. The van der Waals surface area contributed by atoms with E-state index in [4.69, 9.17) is 14.2 Å². The van der Waals surface area contributed by atoms with E-state index < -0.39 is 0 Å². The summed E-state index contributed by atoms with van der Waals surface area (Å²) in [7, 11) is 0. The van der Waals surface area contributed by atoms with Crippen LogP contribution in [0.1, 0.15) is 61.8 Å². The van der Waals surface area contributed by atoms with Gasteiger partial charge in [-0.25, -0.2) is 0 Å². The summed E-state index contributed by atoms with van der Waals surface area (Å²) in [4.78, 5) is 12.0. The van der Waals surface area contributed by atoms with Crippen LogP contribution in [-0.2, 0) is 19.0 Å². The van der Waals surface area contributed by atoms with E-state index in [1.807, 2.05) is 0 Å². The lowest BCUT2D eigenvalue weighted by Crippen LogP contribution is -2.54. The molecule has 2 saturated heterocycles. The third-order valence-electron chi connectivity index (χ3n) is 6.78. The van der Waals surface area contributed by atoms with Crippen molar-refractivity contribution in [3.05, 3.63) is 0 Å². The zero-order valence-electron chi connectivity index (χ0n) is 16.6. The molecule has 2 fully saturated rings. The van der Waals surface area contributed by atoms with E-state index in [0.29, 0.717) is 17.8 Å². The molecule has 0 radical (unpaired) electrons. The molecule has 2 rings (SSSR count). The predicted molar refractivity (Wildman–Crippen MR) is 94.7 cm³/mol. The highest BCUT2D eigenvalue weighted by Gasteiger charge is 2.46. The third-order valence-corrected chi connectivity index (χ3v) is 6.78. The monoisotopic (exact) mass is 340 g/mol. The van der Waals surface area contributed by atoms with Crippen LogP contribution in [0.15, 0.2) is 0 Å². The highest BCUT2D eigenvalue weighted by molar-refractivity contribution is 5.80. The Morgan fingerprint density at radius 1 is 0.875 bits per heavy atom. The maximum atomic E-state index is 12.0. The molecular formula is C20H36O4. The van der Waals surface area contributed by atoms with Crippen molar-refractivity contribution < 1.29 is 19.0 Å². The fourth-order valence-corrected chi connectivity index (χ4v) is 4.25. The average molecular weight is 341 g/mol. The Morgan fingerprint density at radius 2 is 1.50 bits per heavy atom. The summed E-state index contributed by atoms with van der Waals surface area (Å²) in [6.45, 7) is 16.9. The van der Waals surface area contributed by atoms with Gasteiger partial charge in [-0.05, 0) is 43.9 Å². The molecule has 0 aliphatic carbocycles. The van der Waals surface area contributed by atoms with Crippen LogP contribution in [0.25, 0.3) is 0 Å². The van der Waals surface area contributed by atoms with Crippen LogP contribution >= 0.6 is 0 Å². The Labute approximate surface area is 147 Å². The first-order valence-electron chi connectivity index (χ1n) is 9.65. The van der Waals surface area contributed by atoms with Gasteiger partial charge in [0.2, 0.25) is 0 Å². The molecule has 2 heterocycles. The van der Waals surface area contributed by atoms with Crippen LogP contribution < -0.4 is 0 Å². The van der Waals surface area contributed by atoms with Crippen LogP contribution in [0.2, 0.25) is 0 Å². The van der Waals surface area contributed by atoms with Gasteiger partial charge in [0.05, 0.1) is 18.3 Å². The topological polar surface area (TPSA) is 44.8 Å². The predicted octanol–water partition coefficient (Wildman–Crippen LogP) is 4.06. The molecule has 0 spiro atoms. The van der Waals surface area contributed by atoms with Crippen molar-refractivity contribution in [1.29, 1.82) is 0 Å². The molecule has 0 aromatic rings. The van der Waals surface area contributed by atoms with Gasteiger partial charge in [0.25, 0.3) is 0 Å². The lowest BCUT2D eigenvalue weighted by atomic mass is 9.77. The molecule has 140 valence electrons. The minimum absolute atomic E-state index is 0.0156. The van der Waals surface area contributed by atoms with Gasteiger partial charge in [-0.2, -0.15) is 0 Å². The molecule has 2 aliphatic heterocycles. The molecule has 4 heteroatoms. The zero-order valence-corrected chi connectivity index (χ0v) is 16.6. The van der Waals surface area contributed by atoms with E-state index in [0.717, 1.165) is 6.42 Å². The maximum Gasteiger partial charge on any atom is 0.161 e. The van der Waals surface area contributed by atoms with Gasteiger partial charge in [-0.15, -0.1) is 0 Å². The van der Waals surface area contributed by atoms with Gasteiger partial charge in [-0.1, -0.05) is 41.5 Å². The van der Waals surface area contributed by atoms with Crippen molar-refractivity contribution in [2.24, 2.45) is 29.6 Å². The summed E-state index contributed by atoms with van der Waals surface area (Å²) in [5, 5.41) is 0. The van der Waals surface area contributed by atoms with Gasteiger partial charge in [0.15, 0.2) is 12.1 Å². The third kappa shape index (κ3) is 3.71. The fourth-order valence-electron chi connectivity index (χ4n) is 4.25. The molecule has 2 aliphatic rings. The molecule has 0 bridgehead atoms. The van der Waals surface area contributed by atoms with Crippen molar-refractivity contribution >= 4 is 5.78 Å². The highest BCUT2D eigenvalue weighted by Crippen LogP contribution is 2.40. The second-order valence-corrected chi connectivity index (χ2v) is 8.22. The lowest BCUT2D eigenvalue weighted by Gasteiger charge is -2.48. The van der Waals surface area contributed by atoms with E-state index in [1.165, 1.54) is 0 Å². The first kappa shape index (κ1) is 19.9. The fraction of sp³-hybridized carbons (Fsp3) is 0.950. The van der Waals surface area contributed by atoms with Gasteiger partial charge < -0.3 is 14.2 Å². The number of hydrogen-bond acceptors (Lipinski definition) is 4. The maximum absolute atomic E-state index is 12.0. The van der Waals surface area contributed by atoms with E-state index in [2.05, 4.69) is 48.5 Å². The quantitative estimate of drug-likeness (QED) is 0.774. The van der Waals surface area contributed by atoms with Crippen LogP contribution in [0.3, 0.4) is 0 Å². The van der Waals surface area contributed by atoms with Crippen LogP contribution in [-0.4, -0.2) is 36.5 Å². The Kier molecular flexibility index (Phi) is 6.49. The average Bonchev–Trinajstić information content (AvgIpc) is 2.54. The van der Waals surface area contributed by atoms with Gasteiger partial charge >= 0.3 is 0 Å². The van der Waals surface area contributed by atoms with Crippen LogP contribution in [0.5, 0.6) is 0 Å². The molecule has 5 unspecified atom stereocenters. The Balaban J connectivity index is 2.16. The molecule has 0 saturated carbocycles. The Bertz CT molecular complexity index is 435. The minimum Gasteiger partial charge on any atom is -0.372 e. The molecule has 24 heavy (non-hydrogen) atoms. The molecule has 10 atom stereocenters. The zero-order chi connectivity index (χ0) is 18.2. The Morgan fingerprint density at radius 3 is 2.04 bits per heavy atom. The van der Waals surface area contributed by atoms with E-state index in [1.54, 1.807) is 6.92 Å². The summed E-state index contributed by atoms with van der Waals surface area (Å²) < 4.78 is 18.8. The minimum atomic E-state index is -0.363.